The number of hydrogen-bond donors (Lipinski definition) is 2. The van der Waals surface area contributed by atoms with Gasteiger partial charge in [-0.1, -0.05) is 54.6 Å². The molecule has 2 aromatic rings. The first-order valence-corrected chi connectivity index (χ1v) is 6.93. The van der Waals surface area contributed by atoms with Gasteiger partial charge in [-0.15, -0.1) is 0 Å². The third-order valence-electron chi connectivity index (χ3n) is 4.02. The average molecular weight is 270 g/mol. The molecule has 0 bridgehead atoms. The molecule has 2 aliphatic rings. The molecule has 0 heterocycles. The second-order valence-electron chi connectivity index (χ2n) is 5.27. The third-order valence-corrected chi connectivity index (χ3v) is 4.02. The molecule has 0 radical (unpaired) electrons. The van der Waals surface area contributed by atoms with Gasteiger partial charge in [0.25, 0.3) is 0 Å². The van der Waals surface area contributed by atoms with Gasteiger partial charge in [0.05, 0.1) is 11.4 Å². The van der Waals surface area contributed by atoms with Gasteiger partial charge in [-0.25, -0.2) is 0 Å². The molecule has 0 saturated carbocycles. The molecule has 2 heteroatoms. The summed E-state index contributed by atoms with van der Waals surface area (Å²) in [6, 6.07) is 18.3. The zero-order valence-electron chi connectivity index (χ0n) is 11.4. The molecule has 0 aromatic heterocycles. The van der Waals surface area contributed by atoms with Crippen molar-refractivity contribution in [3.63, 3.8) is 0 Å². The van der Waals surface area contributed by atoms with E-state index >= 15 is 0 Å². The Labute approximate surface area is 123 Å². The van der Waals surface area contributed by atoms with Crippen LogP contribution in [-0.2, 0) is 0 Å². The summed E-state index contributed by atoms with van der Waals surface area (Å²) in [6.07, 6.45) is 4.04. The normalized spacial score (nSPS) is 16.3. The number of nitrogens with two attached hydrogens (primary N) is 1. The van der Waals surface area contributed by atoms with E-state index in [1.165, 1.54) is 11.1 Å². The van der Waals surface area contributed by atoms with E-state index in [4.69, 9.17) is 11.1 Å². The maximum Gasteiger partial charge on any atom is 0.0782 e. The van der Waals surface area contributed by atoms with Gasteiger partial charge in [-0.2, -0.15) is 0 Å². The summed E-state index contributed by atoms with van der Waals surface area (Å²) in [7, 11) is 0. The van der Waals surface area contributed by atoms with Gasteiger partial charge in [0.15, 0.2) is 0 Å². The zero-order valence-corrected chi connectivity index (χ0v) is 11.4. The van der Waals surface area contributed by atoms with E-state index in [0.29, 0.717) is 11.4 Å². The Balaban J connectivity index is 1.97. The number of allylic oxidation sites excluding steroid dienone is 4. The standard InChI is InChI=1S/C19H14N2/c20-17-11-15-14-9-5-4-8-13(14)10-16(15)18(19(17)21)12-6-2-1-3-7-12/h1-11,20H,21H2. The highest BCUT2D eigenvalue weighted by molar-refractivity contribution is 6.26. The average Bonchev–Trinajstić information content (AvgIpc) is 2.87. The van der Waals surface area contributed by atoms with Gasteiger partial charge >= 0.3 is 0 Å². The minimum atomic E-state index is 0.387. The van der Waals surface area contributed by atoms with E-state index in [-0.39, 0.29) is 0 Å². The lowest BCUT2D eigenvalue weighted by molar-refractivity contribution is 1.38. The molecule has 4 rings (SSSR count). The molecule has 0 saturated heterocycles. The first-order valence-electron chi connectivity index (χ1n) is 6.93. The molecule has 0 fully saturated rings. The van der Waals surface area contributed by atoms with Crippen LogP contribution in [-0.4, -0.2) is 5.71 Å². The lowest BCUT2D eigenvalue weighted by Gasteiger charge is -2.20. The summed E-state index contributed by atoms with van der Waals surface area (Å²) >= 11 is 0. The third kappa shape index (κ3) is 1.69. The van der Waals surface area contributed by atoms with Crippen LogP contribution >= 0.6 is 0 Å². The SMILES string of the molecule is N=C1C=C2C(=Cc3ccccc32)C(c2ccccc2)=C1N. The van der Waals surface area contributed by atoms with Crippen molar-refractivity contribution in [2.45, 2.75) is 0 Å². The predicted octanol–water partition coefficient (Wildman–Crippen LogP) is 3.87. The fourth-order valence-corrected chi connectivity index (χ4v) is 3.03. The molecule has 0 unspecified atom stereocenters. The fraction of sp³-hybridized carbons (Fsp3) is 0. The molecule has 21 heavy (non-hydrogen) atoms. The molecule has 2 aromatic carbocycles. The van der Waals surface area contributed by atoms with Crippen molar-refractivity contribution in [2.24, 2.45) is 5.73 Å². The van der Waals surface area contributed by atoms with E-state index in [9.17, 15) is 0 Å². The number of rotatable bonds is 1. The Kier molecular flexibility index (Phi) is 2.45. The summed E-state index contributed by atoms with van der Waals surface area (Å²) in [5.41, 5.74) is 13.8. The number of benzene rings is 2. The molecule has 3 N–H and O–H groups in total. The summed E-state index contributed by atoms with van der Waals surface area (Å²) < 4.78 is 0. The highest BCUT2D eigenvalue weighted by Gasteiger charge is 2.28. The van der Waals surface area contributed by atoms with Gasteiger partial charge in [0, 0.05) is 5.57 Å². The van der Waals surface area contributed by atoms with Crippen LogP contribution in [0.5, 0.6) is 0 Å². The van der Waals surface area contributed by atoms with Gasteiger partial charge < -0.3 is 5.73 Å². The van der Waals surface area contributed by atoms with Crippen LogP contribution in [0.2, 0.25) is 0 Å². The second kappa shape index (κ2) is 4.32. The van der Waals surface area contributed by atoms with Crippen LogP contribution in [0.1, 0.15) is 16.7 Å². The highest BCUT2D eigenvalue weighted by atomic mass is 14.7. The Morgan fingerprint density at radius 1 is 0.762 bits per heavy atom. The van der Waals surface area contributed by atoms with Crippen LogP contribution in [0.4, 0.5) is 0 Å². The van der Waals surface area contributed by atoms with Gasteiger partial charge in [0.2, 0.25) is 0 Å². The summed E-state index contributed by atoms with van der Waals surface area (Å²) in [6.45, 7) is 0. The highest BCUT2D eigenvalue weighted by Crippen LogP contribution is 2.45. The van der Waals surface area contributed by atoms with E-state index in [1.54, 1.807) is 0 Å². The van der Waals surface area contributed by atoms with Crippen molar-refractivity contribution >= 4 is 22.9 Å². The first-order chi connectivity index (χ1) is 10.3. The van der Waals surface area contributed by atoms with E-state index in [1.807, 2.05) is 48.5 Å². The first kappa shape index (κ1) is 11.9. The predicted molar refractivity (Wildman–Crippen MR) is 87.7 cm³/mol. The fourth-order valence-electron chi connectivity index (χ4n) is 3.03. The van der Waals surface area contributed by atoms with Gasteiger partial charge in [-0.05, 0) is 40.0 Å². The van der Waals surface area contributed by atoms with Crippen molar-refractivity contribution in [1.82, 2.24) is 0 Å². The quantitative estimate of drug-likeness (QED) is 0.812. The van der Waals surface area contributed by atoms with E-state index < -0.39 is 0 Å². The van der Waals surface area contributed by atoms with Crippen LogP contribution < -0.4 is 5.73 Å². The van der Waals surface area contributed by atoms with Crippen molar-refractivity contribution in [2.75, 3.05) is 0 Å². The molecule has 0 spiro atoms. The Bertz CT molecular complexity index is 852. The molecule has 2 nitrogen and oxygen atoms in total. The van der Waals surface area contributed by atoms with Crippen molar-refractivity contribution in [1.29, 1.82) is 5.41 Å². The maximum atomic E-state index is 8.18. The smallest absolute Gasteiger partial charge is 0.0782 e. The number of nitrogens with one attached hydrogen (secondary N) is 1. The lowest BCUT2D eigenvalue weighted by Crippen LogP contribution is -2.16. The Hall–Kier alpha value is -2.87. The summed E-state index contributed by atoms with van der Waals surface area (Å²) in [5, 5.41) is 8.18. The molecule has 0 amide bonds. The van der Waals surface area contributed by atoms with E-state index in [0.717, 1.165) is 22.3 Å². The number of fused-ring (bicyclic) bond motifs is 3. The molecule has 2 aliphatic carbocycles. The topological polar surface area (TPSA) is 49.9 Å². The van der Waals surface area contributed by atoms with E-state index in [2.05, 4.69) is 18.2 Å². The Morgan fingerprint density at radius 3 is 2.29 bits per heavy atom. The van der Waals surface area contributed by atoms with Gasteiger partial charge in [-0.3, -0.25) is 5.41 Å². The summed E-state index contributed by atoms with van der Waals surface area (Å²) in [5.74, 6) is 0. The van der Waals surface area contributed by atoms with Crippen molar-refractivity contribution < 1.29 is 0 Å². The zero-order chi connectivity index (χ0) is 14.4. The largest absolute Gasteiger partial charge is 0.396 e. The minimum Gasteiger partial charge on any atom is -0.396 e. The monoisotopic (exact) mass is 270 g/mol. The lowest BCUT2D eigenvalue weighted by atomic mass is 9.85. The van der Waals surface area contributed by atoms with Gasteiger partial charge in [0.1, 0.15) is 0 Å². The molecular weight excluding hydrogens is 256 g/mol. The summed E-state index contributed by atoms with van der Waals surface area (Å²) in [4.78, 5) is 0. The maximum absolute atomic E-state index is 8.18. The van der Waals surface area contributed by atoms with Crippen LogP contribution in [0.25, 0.3) is 17.2 Å². The molecule has 0 atom stereocenters. The number of hydrogen-bond acceptors (Lipinski definition) is 2. The van der Waals surface area contributed by atoms with Crippen molar-refractivity contribution in [3.8, 4) is 0 Å². The molecule has 100 valence electrons. The van der Waals surface area contributed by atoms with Crippen LogP contribution in [0, 0.1) is 5.41 Å². The second-order valence-corrected chi connectivity index (χ2v) is 5.27. The Morgan fingerprint density at radius 2 is 1.48 bits per heavy atom. The molecular formula is C19H14N2. The van der Waals surface area contributed by atoms with Crippen molar-refractivity contribution in [3.05, 3.63) is 88.6 Å². The molecule has 0 aliphatic heterocycles. The van der Waals surface area contributed by atoms with Crippen LogP contribution in [0.3, 0.4) is 0 Å². The van der Waals surface area contributed by atoms with Crippen LogP contribution in [0.15, 0.2) is 71.9 Å². The minimum absolute atomic E-state index is 0.387.